The van der Waals surface area contributed by atoms with Crippen molar-refractivity contribution in [3.63, 3.8) is 0 Å². The number of para-hydroxylation sites is 1. The van der Waals surface area contributed by atoms with E-state index in [2.05, 4.69) is 144 Å². The Balaban J connectivity index is 1.10. The Morgan fingerprint density at radius 1 is 0.396 bits per heavy atom. The van der Waals surface area contributed by atoms with Crippen LogP contribution in [0, 0.1) is 0 Å². The van der Waals surface area contributed by atoms with Gasteiger partial charge in [-0.2, -0.15) is 0 Å². The number of nitrogens with zero attached hydrogens (tertiary/aromatic N) is 2. The van der Waals surface area contributed by atoms with Gasteiger partial charge in [0.15, 0.2) is 5.58 Å². The van der Waals surface area contributed by atoms with Crippen LogP contribution in [0.5, 0.6) is 0 Å². The van der Waals surface area contributed by atoms with Crippen LogP contribution in [0.15, 0.2) is 191 Å². The van der Waals surface area contributed by atoms with Gasteiger partial charge >= 0.3 is 0 Å². The van der Waals surface area contributed by atoms with Gasteiger partial charge in [-0.3, -0.25) is 0 Å². The third-order valence-electron chi connectivity index (χ3n) is 10.4. The molecule has 0 unspecified atom stereocenters. The summed E-state index contributed by atoms with van der Waals surface area (Å²) >= 11 is 0. The van der Waals surface area contributed by atoms with Crippen LogP contribution >= 0.6 is 0 Å². The van der Waals surface area contributed by atoms with Gasteiger partial charge in [0.25, 0.3) is 0 Å². The van der Waals surface area contributed by atoms with Crippen molar-refractivity contribution in [1.29, 1.82) is 0 Å². The predicted octanol–water partition coefficient (Wildman–Crippen LogP) is 14.0. The van der Waals surface area contributed by atoms with Crippen LogP contribution in [0.2, 0.25) is 0 Å². The molecule has 11 aromatic rings. The average molecular weight is 679 g/mol. The number of fused-ring (bicyclic) bond motifs is 9. The number of aromatic nitrogens is 1. The summed E-state index contributed by atoms with van der Waals surface area (Å²) in [6.45, 7) is 0. The topological polar surface area (TPSA) is 42.4 Å². The average Bonchev–Trinajstić information content (AvgIpc) is 3.83. The molecule has 0 aliphatic carbocycles. The maximum Gasteiger partial charge on any atom is 0.227 e. The van der Waals surface area contributed by atoms with Crippen molar-refractivity contribution in [3.05, 3.63) is 182 Å². The summed E-state index contributed by atoms with van der Waals surface area (Å²) in [6.07, 6.45) is 0. The molecule has 0 amide bonds. The van der Waals surface area contributed by atoms with Crippen LogP contribution < -0.4 is 4.90 Å². The summed E-state index contributed by atoms with van der Waals surface area (Å²) in [4.78, 5) is 7.25. The lowest BCUT2D eigenvalue weighted by Gasteiger charge is -2.27. The number of benzene rings is 9. The Morgan fingerprint density at radius 3 is 2.02 bits per heavy atom. The van der Waals surface area contributed by atoms with Crippen molar-refractivity contribution in [1.82, 2.24) is 4.98 Å². The van der Waals surface area contributed by atoms with Crippen molar-refractivity contribution >= 4 is 82.4 Å². The number of hydrogen-bond acceptors (Lipinski definition) is 4. The molecule has 248 valence electrons. The molecule has 0 bridgehead atoms. The van der Waals surface area contributed by atoms with Crippen molar-refractivity contribution in [2.24, 2.45) is 0 Å². The molecule has 11 rings (SSSR count). The Labute approximate surface area is 304 Å². The van der Waals surface area contributed by atoms with E-state index in [1.165, 1.54) is 10.8 Å². The van der Waals surface area contributed by atoms with Crippen LogP contribution in [0.3, 0.4) is 0 Å². The smallest absolute Gasteiger partial charge is 0.227 e. The summed E-state index contributed by atoms with van der Waals surface area (Å²) in [7, 11) is 0. The molecular formula is C49H30N2O2. The number of oxazole rings is 1. The molecule has 0 saturated carbocycles. The van der Waals surface area contributed by atoms with Gasteiger partial charge in [0, 0.05) is 38.5 Å². The van der Waals surface area contributed by atoms with Gasteiger partial charge in [-0.1, -0.05) is 115 Å². The van der Waals surface area contributed by atoms with Crippen LogP contribution in [-0.4, -0.2) is 4.98 Å². The summed E-state index contributed by atoms with van der Waals surface area (Å²) in [5, 5.41) is 9.06. The third kappa shape index (κ3) is 4.80. The highest BCUT2D eigenvalue weighted by molar-refractivity contribution is 6.18. The van der Waals surface area contributed by atoms with Gasteiger partial charge in [-0.15, -0.1) is 0 Å². The zero-order valence-corrected chi connectivity index (χ0v) is 28.5. The molecule has 2 heterocycles. The Bertz CT molecular complexity index is 3190. The van der Waals surface area contributed by atoms with Gasteiger partial charge in [-0.05, 0) is 99.4 Å². The summed E-state index contributed by atoms with van der Waals surface area (Å²) < 4.78 is 12.8. The Hall–Kier alpha value is -7.17. The lowest BCUT2D eigenvalue weighted by Crippen LogP contribution is -2.10. The van der Waals surface area contributed by atoms with Gasteiger partial charge in [0.1, 0.15) is 16.7 Å². The van der Waals surface area contributed by atoms with Crippen molar-refractivity contribution < 1.29 is 8.83 Å². The van der Waals surface area contributed by atoms with Gasteiger partial charge in [0.2, 0.25) is 5.89 Å². The van der Waals surface area contributed by atoms with E-state index in [1.807, 2.05) is 42.5 Å². The minimum absolute atomic E-state index is 0.629. The normalized spacial score (nSPS) is 11.8. The fraction of sp³-hybridized carbons (Fsp3) is 0. The SMILES string of the molecule is c1ccc(-c2nc3ccc4ccc5ccc(-c6cccc(N(c7ccc8oc9ccccc9c8c7)c7cccc8ccccc78)c6)cc5c4c3o2)cc1. The molecule has 53 heavy (non-hydrogen) atoms. The molecule has 0 saturated heterocycles. The number of rotatable bonds is 5. The fourth-order valence-electron chi connectivity index (χ4n) is 7.91. The lowest BCUT2D eigenvalue weighted by atomic mass is 9.96. The molecule has 4 heteroatoms. The van der Waals surface area contributed by atoms with Crippen LogP contribution in [-0.2, 0) is 0 Å². The highest BCUT2D eigenvalue weighted by Gasteiger charge is 2.19. The second kappa shape index (κ2) is 11.7. The van der Waals surface area contributed by atoms with Gasteiger partial charge < -0.3 is 13.7 Å². The van der Waals surface area contributed by atoms with E-state index in [4.69, 9.17) is 13.8 Å². The quantitative estimate of drug-likeness (QED) is 0.170. The number of furan rings is 1. The molecule has 9 aromatic carbocycles. The maximum absolute atomic E-state index is 6.53. The second-order valence-electron chi connectivity index (χ2n) is 13.6. The van der Waals surface area contributed by atoms with Crippen molar-refractivity contribution in [2.45, 2.75) is 0 Å². The highest BCUT2D eigenvalue weighted by Crippen LogP contribution is 2.43. The number of anilines is 3. The van der Waals surface area contributed by atoms with Gasteiger partial charge in [-0.25, -0.2) is 4.98 Å². The van der Waals surface area contributed by atoms with Gasteiger partial charge in [0.05, 0.1) is 5.69 Å². The largest absolute Gasteiger partial charge is 0.456 e. The molecular weight excluding hydrogens is 649 g/mol. The first kappa shape index (κ1) is 29.5. The molecule has 0 radical (unpaired) electrons. The minimum Gasteiger partial charge on any atom is -0.456 e. The molecule has 0 aliphatic heterocycles. The lowest BCUT2D eigenvalue weighted by molar-refractivity contribution is 0.623. The van der Waals surface area contributed by atoms with Crippen molar-refractivity contribution in [3.8, 4) is 22.6 Å². The number of hydrogen-bond donors (Lipinski definition) is 0. The third-order valence-corrected chi connectivity index (χ3v) is 10.4. The summed E-state index contributed by atoms with van der Waals surface area (Å²) in [5.41, 5.74) is 9.87. The molecule has 0 aliphatic rings. The van der Waals surface area contributed by atoms with Crippen molar-refractivity contribution in [2.75, 3.05) is 4.90 Å². The zero-order chi connectivity index (χ0) is 34.9. The van der Waals surface area contributed by atoms with E-state index < -0.39 is 0 Å². The molecule has 0 spiro atoms. The molecule has 4 nitrogen and oxygen atoms in total. The summed E-state index contributed by atoms with van der Waals surface area (Å²) in [5.74, 6) is 0.629. The summed E-state index contributed by atoms with van der Waals surface area (Å²) in [6, 6.07) is 64.1. The zero-order valence-electron chi connectivity index (χ0n) is 28.5. The first-order valence-corrected chi connectivity index (χ1v) is 17.9. The standard InChI is InChI=1S/C49H30N2O2/c1-2-11-34(12-3-1)49-50-43-26-24-33-22-20-32-21-23-36(29-41(32)47(33)48(43)53-49)35-14-8-15-37(28-35)51(44-18-9-13-31-10-4-5-16-39(31)44)38-25-27-46-42(30-38)40-17-6-7-19-45(40)52-46/h1-30H. The molecule has 2 aromatic heterocycles. The highest BCUT2D eigenvalue weighted by atomic mass is 16.3. The Kier molecular flexibility index (Phi) is 6.52. The van der Waals surface area contributed by atoms with E-state index in [0.29, 0.717) is 5.89 Å². The predicted molar refractivity (Wildman–Crippen MR) is 219 cm³/mol. The Morgan fingerprint density at radius 2 is 1.08 bits per heavy atom. The second-order valence-corrected chi connectivity index (χ2v) is 13.6. The van der Waals surface area contributed by atoms with E-state index in [1.54, 1.807) is 0 Å². The van der Waals surface area contributed by atoms with E-state index in [9.17, 15) is 0 Å². The first-order valence-electron chi connectivity index (χ1n) is 17.9. The van der Waals surface area contributed by atoms with E-state index in [0.717, 1.165) is 88.3 Å². The first-order chi connectivity index (χ1) is 26.2. The van der Waals surface area contributed by atoms with E-state index in [-0.39, 0.29) is 0 Å². The minimum atomic E-state index is 0.629. The van der Waals surface area contributed by atoms with Crippen LogP contribution in [0.4, 0.5) is 17.1 Å². The fourth-order valence-corrected chi connectivity index (χ4v) is 7.91. The van der Waals surface area contributed by atoms with E-state index >= 15 is 0 Å². The maximum atomic E-state index is 6.53. The van der Waals surface area contributed by atoms with Crippen LogP contribution in [0.25, 0.3) is 87.9 Å². The van der Waals surface area contributed by atoms with Crippen LogP contribution in [0.1, 0.15) is 0 Å². The molecule has 0 N–H and O–H groups in total. The molecule has 0 atom stereocenters. The monoisotopic (exact) mass is 678 g/mol. The molecule has 0 fully saturated rings.